The van der Waals surface area contributed by atoms with Crippen molar-refractivity contribution in [2.24, 2.45) is 0 Å². The largest absolute Gasteiger partial charge is 0.509 e. The van der Waals surface area contributed by atoms with Crippen molar-refractivity contribution in [3.8, 4) is 0 Å². The molecule has 0 heterocycles. The lowest BCUT2D eigenvalue weighted by atomic mass is 10.1. The van der Waals surface area contributed by atoms with E-state index in [1.54, 1.807) is 48.5 Å². The molecule has 0 aliphatic carbocycles. The summed E-state index contributed by atoms with van der Waals surface area (Å²) in [4.78, 5) is 37.0. The molecule has 1 N–H and O–H groups in total. The van der Waals surface area contributed by atoms with Crippen molar-refractivity contribution in [3.05, 3.63) is 107 Å². The molecule has 1 atom stereocenters. The Labute approximate surface area is 185 Å². The first-order valence-electron chi connectivity index (χ1n) is 9.96. The van der Waals surface area contributed by atoms with Crippen molar-refractivity contribution >= 4 is 18.2 Å². The van der Waals surface area contributed by atoms with Gasteiger partial charge in [0.25, 0.3) is 5.91 Å². The minimum Gasteiger partial charge on any atom is -0.444 e. The van der Waals surface area contributed by atoms with E-state index in [2.05, 4.69) is 5.32 Å². The lowest BCUT2D eigenvalue weighted by molar-refractivity contribution is -0.130. The summed E-state index contributed by atoms with van der Waals surface area (Å²) in [6.45, 7) is 1.87. The van der Waals surface area contributed by atoms with Crippen LogP contribution in [0.1, 0.15) is 28.4 Å². The van der Waals surface area contributed by atoms with E-state index < -0.39 is 24.3 Å². The maximum absolute atomic E-state index is 12.7. The molecule has 0 unspecified atom stereocenters. The fourth-order valence-electron chi connectivity index (χ4n) is 2.79. The SMILES string of the molecule is Cc1ccc([C@H](OC(=O)OCc2ccccc2)C(=O)NC(=O)OCc2ccccc2)cc1. The highest BCUT2D eigenvalue weighted by molar-refractivity contribution is 5.95. The second-order valence-electron chi connectivity index (χ2n) is 6.98. The molecular formula is C25H23NO6. The van der Waals surface area contributed by atoms with E-state index in [1.165, 1.54) is 0 Å². The predicted molar refractivity (Wildman–Crippen MR) is 116 cm³/mol. The van der Waals surface area contributed by atoms with Gasteiger partial charge in [0, 0.05) is 5.56 Å². The number of rotatable bonds is 7. The fourth-order valence-corrected chi connectivity index (χ4v) is 2.79. The average Bonchev–Trinajstić information content (AvgIpc) is 2.82. The molecule has 0 saturated carbocycles. The van der Waals surface area contributed by atoms with Gasteiger partial charge in [-0.2, -0.15) is 0 Å². The zero-order valence-electron chi connectivity index (χ0n) is 17.5. The Hall–Kier alpha value is -4.13. The van der Waals surface area contributed by atoms with E-state index in [4.69, 9.17) is 14.2 Å². The van der Waals surface area contributed by atoms with Crippen molar-refractivity contribution in [3.63, 3.8) is 0 Å². The highest BCUT2D eigenvalue weighted by Crippen LogP contribution is 2.20. The number of carbonyl (C=O) groups is 3. The molecule has 7 nitrogen and oxygen atoms in total. The summed E-state index contributed by atoms with van der Waals surface area (Å²) in [6.07, 6.45) is -3.37. The maximum Gasteiger partial charge on any atom is 0.509 e. The van der Waals surface area contributed by atoms with Gasteiger partial charge in [-0.3, -0.25) is 10.1 Å². The van der Waals surface area contributed by atoms with Gasteiger partial charge in [-0.15, -0.1) is 0 Å². The minimum absolute atomic E-state index is 0.00484. The van der Waals surface area contributed by atoms with Gasteiger partial charge in [0.2, 0.25) is 6.10 Å². The molecule has 0 aromatic heterocycles. The Balaban J connectivity index is 1.62. The molecule has 0 bridgehead atoms. The average molecular weight is 433 g/mol. The molecule has 0 spiro atoms. The van der Waals surface area contributed by atoms with Crippen LogP contribution < -0.4 is 5.32 Å². The number of carbonyl (C=O) groups excluding carboxylic acids is 3. The van der Waals surface area contributed by atoms with Crippen molar-refractivity contribution in [2.75, 3.05) is 0 Å². The van der Waals surface area contributed by atoms with Gasteiger partial charge in [0.15, 0.2) is 0 Å². The number of aryl methyl sites for hydroxylation is 1. The number of ether oxygens (including phenoxy) is 3. The van der Waals surface area contributed by atoms with Gasteiger partial charge >= 0.3 is 12.2 Å². The monoisotopic (exact) mass is 433 g/mol. The molecule has 0 aliphatic rings. The summed E-state index contributed by atoms with van der Waals surface area (Å²) < 4.78 is 15.4. The molecule has 32 heavy (non-hydrogen) atoms. The summed E-state index contributed by atoms with van der Waals surface area (Å²) in [5.74, 6) is -0.844. The van der Waals surface area contributed by atoms with Crippen LogP contribution in [0.15, 0.2) is 84.9 Å². The van der Waals surface area contributed by atoms with Crippen LogP contribution in [0.2, 0.25) is 0 Å². The van der Waals surface area contributed by atoms with Crippen molar-refractivity contribution in [1.29, 1.82) is 0 Å². The van der Waals surface area contributed by atoms with Crippen molar-refractivity contribution < 1.29 is 28.6 Å². The molecule has 2 amide bonds. The van der Waals surface area contributed by atoms with Crippen LogP contribution in [0, 0.1) is 6.92 Å². The van der Waals surface area contributed by atoms with E-state index in [9.17, 15) is 14.4 Å². The van der Waals surface area contributed by atoms with Gasteiger partial charge in [0.1, 0.15) is 13.2 Å². The first-order valence-corrected chi connectivity index (χ1v) is 9.96. The Morgan fingerprint density at radius 3 is 1.84 bits per heavy atom. The normalized spacial score (nSPS) is 11.2. The van der Waals surface area contributed by atoms with Crippen LogP contribution in [0.4, 0.5) is 9.59 Å². The van der Waals surface area contributed by atoms with Crippen molar-refractivity contribution in [2.45, 2.75) is 26.2 Å². The van der Waals surface area contributed by atoms with Crippen LogP contribution in [0.5, 0.6) is 0 Å². The Kier molecular flexibility index (Phi) is 7.97. The molecule has 164 valence electrons. The van der Waals surface area contributed by atoms with Gasteiger partial charge in [-0.05, 0) is 18.1 Å². The highest BCUT2D eigenvalue weighted by atomic mass is 16.7. The molecule has 0 aliphatic heterocycles. The standard InChI is InChI=1S/C25H23NO6/c1-18-12-14-21(15-13-18)22(32-25(29)31-17-20-10-6-3-7-11-20)23(27)26-24(28)30-16-19-8-4-2-5-9-19/h2-15,22H,16-17H2,1H3,(H,26,27,28)/t22-/m0/s1. The first-order chi connectivity index (χ1) is 15.5. The zero-order valence-corrected chi connectivity index (χ0v) is 17.5. The third-order valence-corrected chi connectivity index (χ3v) is 4.47. The smallest absolute Gasteiger partial charge is 0.444 e. The molecule has 7 heteroatoms. The van der Waals surface area contributed by atoms with Crippen LogP contribution in [0.25, 0.3) is 0 Å². The lowest BCUT2D eigenvalue weighted by Gasteiger charge is -2.17. The molecule has 3 rings (SSSR count). The molecule has 0 radical (unpaired) electrons. The lowest BCUT2D eigenvalue weighted by Crippen LogP contribution is -2.37. The maximum atomic E-state index is 12.7. The summed E-state index contributed by atoms with van der Waals surface area (Å²) in [6, 6.07) is 24.9. The van der Waals surface area contributed by atoms with E-state index in [0.717, 1.165) is 16.7 Å². The zero-order chi connectivity index (χ0) is 22.8. The van der Waals surface area contributed by atoms with Crippen LogP contribution in [-0.2, 0) is 32.2 Å². The molecule has 3 aromatic rings. The van der Waals surface area contributed by atoms with Gasteiger partial charge in [0.05, 0.1) is 0 Å². The Morgan fingerprint density at radius 1 is 0.750 bits per heavy atom. The summed E-state index contributed by atoms with van der Waals surface area (Å²) in [5, 5.41) is 2.11. The van der Waals surface area contributed by atoms with E-state index in [1.807, 2.05) is 43.3 Å². The number of imide groups is 1. The highest BCUT2D eigenvalue weighted by Gasteiger charge is 2.28. The van der Waals surface area contributed by atoms with Crippen LogP contribution >= 0.6 is 0 Å². The Bertz CT molecular complexity index is 1040. The number of hydrogen-bond acceptors (Lipinski definition) is 6. The van der Waals surface area contributed by atoms with Crippen molar-refractivity contribution in [1.82, 2.24) is 5.32 Å². The van der Waals surface area contributed by atoms with Gasteiger partial charge in [-0.1, -0.05) is 90.5 Å². The van der Waals surface area contributed by atoms with Gasteiger partial charge in [-0.25, -0.2) is 9.59 Å². The second kappa shape index (κ2) is 11.3. The number of nitrogens with one attached hydrogen (secondary N) is 1. The second-order valence-corrected chi connectivity index (χ2v) is 6.98. The molecular weight excluding hydrogens is 410 g/mol. The Morgan fingerprint density at radius 2 is 1.28 bits per heavy atom. The quantitative estimate of drug-likeness (QED) is 0.536. The molecule has 0 saturated heterocycles. The topological polar surface area (TPSA) is 90.9 Å². The van der Waals surface area contributed by atoms with E-state index in [-0.39, 0.29) is 13.2 Å². The summed E-state index contributed by atoms with van der Waals surface area (Å²) >= 11 is 0. The van der Waals surface area contributed by atoms with E-state index in [0.29, 0.717) is 5.56 Å². The number of amides is 2. The predicted octanol–water partition coefficient (Wildman–Crippen LogP) is 4.84. The number of hydrogen-bond donors (Lipinski definition) is 1. The summed E-state index contributed by atoms with van der Waals surface area (Å²) in [7, 11) is 0. The van der Waals surface area contributed by atoms with Crippen LogP contribution in [0.3, 0.4) is 0 Å². The first kappa shape index (κ1) is 22.6. The molecule has 3 aromatic carbocycles. The molecule has 0 fully saturated rings. The number of alkyl carbamates (subject to hydrolysis) is 1. The number of benzene rings is 3. The third kappa shape index (κ3) is 6.98. The van der Waals surface area contributed by atoms with Gasteiger partial charge < -0.3 is 14.2 Å². The fraction of sp³-hybridized carbons (Fsp3) is 0.160. The van der Waals surface area contributed by atoms with E-state index >= 15 is 0 Å². The summed E-state index contributed by atoms with van der Waals surface area (Å²) in [5.41, 5.74) is 2.89. The van der Waals surface area contributed by atoms with Crippen LogP contribution in [-0.4, -0.2) is 18.2 Å². The minimum atomic E-state index is -1.39. The third-order valence-electron chi connectivity index (χ3n) is 4.47.